The van der Waals surface area contributed by atoms with Crippen molar-refractivity contribution >= 4 is 11.6 Å². The van der Waals surface area contributed by atoms with Gasteiger partial charge in [0.25, 0.3) is 5.69 Å². The van der Waals surface area contributed by atoms with Gasteiger partial charge in [-0.3, -0.25) is 19.8 Å². The van der Waals surface area contributed by atoms with Crippen LogP contribution in [0, 0.1) is 10.1 Å². The van der Waals surface area contributed by atoms with Gasteiger partial charge in [0.15, 0.2) is 0 Å². The van der Waals surface area contributed by atoms with E-state index in [2.05, 4.69) is 9.80 Å². The monoisotopic (exact) mass is 488 g/mol. The Kier molecular flexibility index (Phi) is 7.39. The van der Waals surface area contributed by atoms with Crippen molar-refractivity contribution in [1.29, 1.82) is 0 Å². The summed E-state index contributed by atoms with van der Waals surface area (Å²) in [5, 5.41) is 15.8. The molecule has 0 saturated carbocycles. The van der Waals surface area contributed by atoms with Gasteiger partial charge in [-0.15, -0.1) is 0 Å². The fourth-order valence-corrected chi connectivity index (χ4v) is 5.02. The molecule has 3 heterocycles. The van der Waals surface area contributed by atoms with E-state index >= 15 is 0 Å². The maximum Gasteiger partial charge on any atom is 0.269 e. The van der Waals surface area contributed by atoms with E-state index in [4.69, 9.17) is 5.10 Å². The van der Waals surface area contributed by atoms with Gasteiger partial charge in [0, 0.05) is 68.7 Å². The third-order valence-electron chi connectivity index (χ3n) is 7.16. The molecular formula is C27H32N6O3. The maximum atomic E-state index is 13.3. The molecule has 188 valence electrons. The molecule has 0 bridgehead atoms. The van der Waals surface area contributed by atoms with Gasteiger partial charge in [-0.1, -0.05) is 18.2 Å². The van der Waals surface area contributed by atoms with Gasteiger partial charge in [-0.2, -0.15) is 5.10 Å². The Morgan fingerprint density at radius 1 is 0.861 bits per heavy atom. The summed E-state index contributed by atoms with van der Waals surface area (Å²) < 4.78 is 1.77. The van der Waals surface area contributed by atoms with Gasteiger partial charge >= 0.3 is 0 Å². The van der Waals surface area contributed by atoms with Crippen molar-refractivity contribution in [3.8, 4) is 16.9 Å². The maximum absolute atomic E-state index is 13.3. The average Bonchev–Trinajstić information content (AvgIpc) is 3.59. The van der Waals surface area contributed by atoms with Crippen LogP contribution in [0.4, 0.5) is 5.69 Å². The van der Waals surface area contributed by atoms with Crippen LogP contribution in [-0.4, -0.2) is 87.7 Å². The van der Waals surface area contributed by atoms with Gasteiger partial charge in [0.1, 0.15) is 0 Å². The number of hydrogen-bond donors (Lipinski definition) is 0. The van der Waals surface area contributed by atoms with E-state index in [0.29, 0.717) is 5.69 Å². The van der Waals surface area contributed by atoms with E-state index in [1.165, 1.54) is 38.1 Å². The lowest BCUT2D eigenvalue weighted by molar-refractivity contribution is -0.384. The number of rotatable bonds is 8. The minimum Gasteiger partial charge on any atom is -0.340 e. The van der Waals surface area contributed by atoms with Crippen LogP contribution in [0.1, 0.15) is 18.4 Å². The Hall–Kier alpha value is -3.56. The molecule has 0 N–H and O–H groups in total. The van der Waals surface area contributed by atoms with Crippen LogP contribution in [0.15, 0.2) is 60.8 Å². The van der Waals surface area contributed by atoms with Gasteiger partial charge in [-0.05, 0) is 50.2 Å². The Morgan fingerprint density at radius 3 is 2.14 bits per heavy atom. The molecule has 0 atom stereocenters. The summed E-state index contributed by atoms with van der Waals surface area (Å²) in [7, 11) is 0. The molecule has 2 aromatic carbocycles. The predicted molar refractivity (Wildman–Crippen MR) is 138 cm³/mol. The number of carbonyl (C=O) groups is 1. The third-order valence-corrected chi connectivity index (χ3v) is 7.16. The van der Waals surface area contributed by atoms with E-state index < -0.39 is 4.92 Å². The first kappa shape index (κ1) is 24.1. The number of nitrogens with zero attached hydrogens (tertiary/aromatic N) is 6. The molecule has 0 aliphatic carbocycles. The van der Waals surface area contributed by atoms with E-state index in [1.54, 1.807) is 16.8 Å². The van der Waals surface area contributed by atoms with Crippen LogP contribution in [0.2, 0.25) is 0 Å². The Labute approximate surface area is 211 Å². The number of amides is 1. The highest BCUT2D eigenvalue weighted by Gasteiger charge is 2.24. The lowest BCUT2D eigenvalue weighted by Gasteiger charge is -2.35. The molecule has 36 heavy (non-hydrogen) atoms. The zero-order chi connectivity index (χ0) is 24.9. The summed E-state index contributed by atoms with van der Waals surface area (Å²) in [6, 6.07) is 16.1. The van der Waals surface area contributed by atoms with Gasteiger partial charge in [-0.25, -0.2) is 4.68 Å². The smallest absolute Gasteiger partial charge is 0.269 e. The number of non-ortho nitro benzene ring substituents is 1. The molecule has 2 aliphatic rings. The first-order valence-corrected chi connectivity index (χ1v) is 12.7. The number of benzene rings is 2. The fraction of sp³-hybridized carbons (Fsp3) is 0.407. The highest BCUT2D eigenvalue weighted by molar-refractivity contribution is 5.81. The number of nitro groups is 1. The largest absolute Gasteiger partial charge is 0.340 e. The molecule has 9 nitrogen and oxygen atoms in total. The van der Waals surface area contributed by atoms with Crippen molar-refractivity contribution in [2.75, 3.05) is 52.4 Å². The molecule has 0 radical (unpaired) electrons. The number of nitro benzene ring substituents is 1. The number of hydrogen-bond acceptors (Lipinski definition) is 6. The van der Waals surface area contributed by atoms with E-state index in [9.17, 15) is 14.9 Å². The molecule has 0 spiro atoms. The van der Waals surface area contributed by atoms with Crippen LogP contribution >= 0.6 is 0 Å². The molecule has 2 saturated heterocycles. The third kappa shape index (κ3) is 5.63. The van der Waals surface area contributed by atoms with Crippen LogP contribution in [0.25, 0.3) is 16.9 Å². The van der Waals surface area contributed by atoms with E-state index in [1.807, 2.05) is 41.4 Å². The van der Waals surface area contributed by atoms with Crippen molar-refractivity contribution in [3.05, 3.63) is 76.5 Å². The Morgan fingerprint density at radius 2 is 1.50 bits per heavy atom. The minimum absolute atomic E-state index is 0.0291. The quantitative estimate of drug-likeness (QED) is 0.357. The summed E-state index contributed by atoms with van der Waals surface area (Å²) in [4.78, 5) is 30.9. The summed E-state index contributed by atoms with van der Waals surface area (Å²) in [5.41, 5.74) is 3.16. The Balaban J connectivity index is 1.28. The highest BCUT2D eigenvalue weighted by Crippen LogP contribution is 2.27. The highest BCUT2D eigenvalue weighted by atomic mass is 16.6. The molecule has 0 unspecified atom stereocenters. The summed E-state index contributed by atoms with van der Waals surface area (Å²) in [6.07, 6.45) is 4.76. The van der Waals surface area contributed by atoms with Gasteiger partial charge < -0.3 is 9.80 Å². The zero-order valence-electron chi connectivity index (χ0n) is 20.5. The molecule has 2 fully saturated rings. The topological polar surface area (TPSA) is 87.7 Å². The standard InChI is InChI=1S/C27H32N6O3/c34-26(31-18-16-30(17-19-31)15-14-29-12-4-5-13-29)20-23-21-32(24-6-2-1-3-7-24)28-27(23)22-8-10-25(11-9-22)33(35)36/h1-3,6-11,21H,4-5,12-20H2. The zero-order valence-corrected chi connectivity index (χ0v) is 20.5. The second-order valence-electron chi connectivity index (χ2n) is 9.53. The Bertz CT molecular complexity index is 1180. The average molecular weight is 489 g/mol. The number of para-hydroxylation sites is 1. The van der Waals surface area contributed by atoms with Crippen LogP contribution in [0.3, 0.4) is 0 Å². The fourth-order valence-electron chi connectivity index (χ4n) is 5.02. The molecule has 5 rings (SSSR count). The normalized spacial score (nSPS) is 16.9. The van der Waals surface area contributed by atoms with Crippen LogP contribution < -0.4 is 0 Å². The first-order chi connectivity index (χ1) is 17.6. The number of piperazine rings is 1. The SMILES string of the molecule is O=C(Cc1cn(-c2ccccc2)nc1-c1ccc([N+](=O)[O-])cc1)N1CCN(CCN2CCCC2)CC1. The van der Waals surface area contributed by atoms with Crippen LogP contribution in [0.5, 0.6) is 0 Å². The van der Waals surface area contributed by atoms with Crippen molar-refractivity contribution in [1.82, 2.24) is 24.5 Å². The molecule has 2 aliphatic heterocycles. The predicted octanol–water partition coefficient (Wildman–Crippen LogP) is 3.23. The lowest BCUT2D eigenvalue weighted by Crippen LogP contribution is -2.50. The molecular weight excluding hydrogens is 456 g/mol. The van der Waals surface area contributed by atoms with Gasteiger partial charge in [0.2, 0.25) is 5.91 Å². The first-order valence-electron chi connectivity index (χ1n) is 12.7. The van der Waals surface area contributed by atoms with Crippen molar-refractivity contribution in [2.45, 2.75) is 19.3 Å². The number of aromatic nitrogens is 2. The van der Waals surface area contributed by atoms with Crippen LogP contribution in [-0.2, 0) is 11.2 Å². The van der Waals surface area contributed by atoms with Gasteiger partial charge in [0.05, 0.1) is 22.7 Å². The molecule has 1 aromatic heterocycles. The van der Waals surface area contributed by atoms with Crippen molar-refractivity contribution in [3.63, 3.8) is 0 Å². The summed E-state index contributed by atoms with van der Waals surface area (Å²) in [5.74, 6) is 0.0879. The summed E-state index contributed by atoms with van der Waals surface area (Å²) in [6.45, 7) is 7.88. The second-order valence-corrected chi connectivity index (χ2v) is 9.53. The van der Waals surface area contributed by atoms with E-state index in [-0.39, 0.29) is 18.0 Å². The molecule has 1 amide bonds. The molecule has 9 heteroatoms. The van der Waals surface area contributed by atoms with E-state index in [0.717, 1.165) is 56.1 Å². The number of likely N-dealkylation sites (tertiary alicyclic amines) is 1. The molecule has 3 aromatic rings. The lowest BCUT2D eigenvalue weighted by atomic mass is 10.0. The second kappa shape index (κ2) is 11.0. The van der Waals surface area contributed by atoms with Crippen molar-refractivity contribution in [2.24, 2.45) is 0 Å². The summed E-state index contributed by atoms with van der Waals surface area (Å²) >= 11 is 0. The number of carbonyl (C=O) groups excluding carboxylic acids is 1. The minimum atomic E-state index is -0.415. The van der Waals surface area contributed by atoms with Crippen molar-refractivity contribution < 1.29 is 9.72 Å².